The number of esters is 1. The lowest BCUT2D eigenvalue weighted by Gasteiger charge is -2.11. The molecule has 0 aliphatic carbocycles. The summed E-state index contributed by atoms with van der Waals surface area (Å²) < 4.78 is 13.0. The molecule has 0 atom stereocenters. The van der Waals surface area contributed by atoms with Gasteiger partial charge < -0.3 is 14.5 Å². The fourth-order valence-corrected chi connectivity index (χ4v) is 4.20. The number of ether oxygens (including phenoxy) is 1. The predicted molar refractivity (Wildman–Crippen MR) is 142 cm³/mol. The number of anilines is 1. The van der Waals surface area contributed by atoms with E-state index in [1.165, 1.54) is 6.92 Å². The minimum atomic E-state index is -0.482. The first-order valence-corrected chi connectivity index (χ1v) is 11.9. The number of halogens is 1. The van der Waals surface area contributed by atoms with Crippen molar-refractivity contribution in [1.29, 1.82) is 0 Å². The fraction of sp³-hybridized carbons (Fsp3) is 0.0690. The molecule has 184 valence electrons. The fourth-order valence-electron chi connectivity index (χ4n) is 3.98. The molecule has 0 bridgehead atoms. The first-order valence-electron chi connectivity index (χ1n) is 11.5. The summed E-state index contributed by atoms with van der Waals surface area (Å²) >= 11 is 6.16. The summed E-state index contributed by atoms with van der Waals surface area (Å²) in [5, 5.41) is 8.00. The number of amides is 1. The van der Waals surface area contributed by atoms with E-state index in [1.54, 1.807) is 59.5 Å². The number of nitrogens with zero attached hydrogens (tertiary/aromatic N) is 2. The van der Waals surface area contributed by atoms with Crippen molar-refractivity contribution in [2.45, 2.75) is 13.8 Å². The number of benzene rings is 3. The molecular weight excluding hydrogens is 490 g/mol. The monoisotopic (exact) mass is 511 g/mol. The Morgan fingerprint density at radius 3 is 2.43 bits per heavy atom. The topological polar surface area (TPSA) is 86.4 Å². The van der Waals surface area contributed by atoms with Gasteiger partial charge in [-0.05, 0) is 66.6 Å². The van der Waals surface area contributed by atoms with Gasteiger partial charge in [0, 0.05) is 12.6 Å². The van der Waals surface area contributed by atoms with Gasteiger partial charge in [0.15, 0.2) is 5.76 Å². The smallest absolute Gasteiger partial charge is 0.309 e. The number of carbonyl (C=O) groups excluding carboxylic acids is 2. The quantitative estimate of drug-likeness (QED) is 0.249. The Bertz CT molecular complexity index is 1590. The summed E-state index contributed by atoms with van der Waals surface area (Å²) in [5.74, 6) is -0.0181. The van der Waals surface area contributed by atoms with Crippen LogP contribution in [0, 0.1) is 6.92 Å². The third-order valence-corrected chi connectivity index (χ3v) is 5.96. The van der Waals surface area contributed by atoms with Gasteiger partial charge in [-0.2, -0.15) is 9.78 Å². The van der Waals surface area contributed by atoms with E-state index in [-0.39, 0.29) is 11.8 Å². The highest BCUT2D eigenvalue weighted by Gasteiger charge is 2.26. The van der Waals surface area contributed by atoms with Gasteiger partial charge in [-0.3, -0.25) is 9.59 Å². The second-order valence-electron chi connectivity index (χ2n) is 8.36. The maximum absolute atomic E-state index is 12.7. The van der Waals surface area contributed by atoms with E-state index >= 15 is 0 Å². The van der Waals surface area contributed by atoms with Crippen LogP contribution < -0.4 is 10.1 Å². The van der Waals surface area contributed by atoms with Crippen molar-refractivity contribution in [2.75, 3.05) is 5.32 Å². The van der Waals surface area contributed by atoms with Gasteiger partial charge in [0.2, 0.25) is 5.88 Å². The van der Waals surface area contributed by atoms with Crippen LogP contribution >= 0.6 is 11.6 Å². The normalized spacial score (nSPS) is 10.8. The van der Waals surface area contributed by atoms with Gasteiger partial charge in [0.1, 0.15) is 5.69 Å². The van der Waals surface area contributed by atoms with E-state index in [2.05, 4.69) is 5.32 Å². The number of hydrogen-bond acceptors (Lipinski definition) is 5. The lowest BCUT2D eigenvalue weighted by molar-refractivity contribution is -0.132. The molecule has 37 heavy (non-hydrogen) atoms. The summed E-state index contributed by atoms with van der Waals surface area (Å²) in [6, 6.07) is 25.3. The Morgan fingerprint density at radius 2 is 1.76 bits per heavy atom. The molecule has 7 nitrogen and oxygen atoms in total. The number of aryl methyl sites for hydroxylation is 1. The zero-order valence-electron chi connectivity index (χ0n) is 20.1. The van der Waals surface area contributed by atoms with Crippen molar-refractivity contribution in [2.24, 2.45) is 0 Å². The molecule has 0 radical (unpaired) electrons. The lowest BCUT2D eigenvalue weighted by atomic mass is 10.0. The highest BCUT2D eigenvalue weighted by molar-refractivity contribution is 6.34. The molecule has 0 aliphatic rings. The zero-order valence-corrected chi connectivity index (χ0v) is 20.8. The Morgan fingerprint density at radius 1 is 0.973 bits per heavy atom. The number of carbonyl (C=O) groups is 2. The van der Waals surface area contributed by atoms with Crippen LogP contribution in [0.25, 0.3) is 28.3 Å². The van der Waals surface area contributed by atoms with Crippen LogP contribution in [-0.2, 0) is 4.79 Å². The summed E-state index contributed by atoms with van der Waals surface area (Å²) in [5.41, 5.74) is 4.53. The minimum absolute atomic E-state index is 0.261. The largest absolute Gasteiger partial charge is 0.463 e. The molecule has 1 amide bonds. The number of nitrogens with one attached hydrogen (secondary N) is 1. The second-order valence-corrected chi connectivity index (χ2v) is 8.77. The van der Waals surface area contributed by atoms with Gasteiger partial charge in [-0.1, -0.05) is 48.0 Å². The first-order chi connectivity index (χ1) is 17.9. The molecule has 1 N–H and O–H groups in total. The van der Waals surface area contributed by atoms with E-state index in [4.69, 9.17) is 25.9 Å². The summed E-state index contributed by atoms with van der Waals surface area (Å²) in [6.45, 7) is 3.32. The minimum Gasteiger partial charge on any atom is -0.463 e. The van der Waals surface area contributed by atoms with Crippen molar-refractivity contribution in [3.8, 4) is 34.1 Å². The number of hydrogen-bond donors (Lipinski definition) is 1. The average Bonchev–Trinajstić information content (AvgIpc) is 3.53. The maximum atomic E-state index is 12.7. The Labute approximate surface area is 218 Å². The highest BCUT2D eigenvalue weighted by Crippen LogP contribution is 2.41. The van der Waals surface area contributed by atoms with Crippen molar-refractivity contribution >= 4 is 29.2 Å². The number of aromatic nitrogens is 2. The van der Waals surface area contributed by atoms with Crippen LogP contribution in [-0.4, -0.2) is 21.7 Å². The molecule has 0 spiro atoms. The zero-order chi connectivity index (χ0) is 25.9. The van der Waals surface area contributed by atoms with Crippen LogP contribution in [0.4, 0.5) is 5.69 Å². The van der Waals surface area contributed by atoms with Gasteiger partial charge in [0.05, 0.1) is 28.1 Å². The van der Waals surface area contributed by atoms with E-state index in [9.17, 15) is 9.59 Å². The molecule has 0 aliphatic heterocycles. The van der Waals surface area contributed by atoms with Gasteiger partial charge in [0.25, 0.3) is 5.91 Å². The lowest BCUT2D eigenvalue weighted by Crippen LogP contribution is -2.12. The molecule has 0 fully saturated rings. The van der Waals surface area contributed by atoms with E-state index in [1.807, 2.05) is 43.3 Å². The Balaban J connectivity index is 1.59. The standard InChI is InChI=1S/C29H22ClN3O4/c1-18-7-5-8-22(17-18)33-29(37-19(2)34)26(27(32-33)25-11-6-16-36-25)20-12-14-21(15-13-20)31-28(35)23-9-3-4-10-24(23)30/h3-17H,1-2H3,(H,31,35). The SMILES string of the molecule is CC(=O)Oc1c(-c2ccc(NC(=O)c3ccccc3Cl)cc2)c(-c2ccco2)nn1-c1cccc(C)c1. The molecule has 5 aromatic rings. The van der Waals surface area contributed by atoms with Crippen molar-refractivity contribution in [1.82, 2.24) is 9.78 Å². The molecule has 3 aromatic carbocycles. The summed E-state index contributed by atoms with van der Waals surface area (Å²) in [4.78, 5) is 24.8. The van der Waals surface area contributed by atoms with E-state index in [0.29, 0.717) is 33.3 Å². The van der Waals surface area contributed by atoms with Crippen LogP contribution in [0.1, 0.15) is 22.8 Å². The summed E-state index contributed by atoms with van der Waals surface area (Å²) in [7, 11) is 0. The molecular formula is C29H22ClN3O4. The second kappa shape index (κ2) is 10.2. The van der Waals surface area contributed by atoms with Crippen LogP contribution in [0.15, 0.2) is 95.6 Å². The van der Waals surface area contributed by atoms with Crippen molar-refractivity contribution in [3.63, 3.8) is 0 Å². The molecule has 8 heteroatoms. The van der Waals surface area contributed by atoms with Gasteiger partial charge in [-0.15, -0.1) is 0 Å². The van der Waals surface area contributed by atoms with Gasteiger partial charge >= 0.3 is 5.97 Å². The van der Waals surface area contributed by atoms with Crippen LogP contribution in [0.5, 0.6) is 5.88 Å². The predicted octanol–water partition coefficient (Wildman–Crippen LogP) is 6.94. The highest BCUT2D eigenvalue weighted by atomic mass is 35.5. The third-order valence-electron chi connectivity index (χ3n) is 5.63. The maximum Gasteiger partial charge on any atom is 0.309 e. The van der Waals surface area contributed by atoms with E-state index in [0.717, 1.165) is 16.8 Å². The number of rotatable bonds is 6. The van der Waals surface area contributed by atoms with Gasteiger partial charge in [-0.25, -0.2) is 0 Å². The van der Waals surface area contributed by atoms with Crippen LogP contribution in [0.2, 0.25) is 5.02 Å². The third kappa shape index (κ3) is 5.03. The molecule has 2 heterocycles. The van der Waals surface area contributed by atoms with Crippen LogP contribution in [0.3, 0.4) is 0 Å². The molecule has 0 unspecified atom stereocenters. The molecule has 0 saturated heterocycles. The average molecular weight is 512 g/mol. The Hall–Kier alpha value is -4.62. The molecule has 5 rings (SSSR count). The number of furan rings is 1. The Kier molecular flexibility index (Phi) is 6.62. The van der Waals surface area contributed by atoms with Crippen molar-refractivity contribution < 1.29 is 18.7 Å². The molecule has 2 aromatic heterocycles. The molecule has 0 saturated carbocycles. The first kappa shape index (κ1) is 24.1. The van der Waals surface area contributed by atoms with Crippen molar-refractivity contribution in [3.05, 3.63) is 107 Å². The van der Waals surface area contributed by atoms with E-state index < -0.39 is 5.97 Å². The summed E-state index contributed by atoms with van der Waals surface area (Å²) in [6.07, 6.45) is 1.56.